The number of nitrogens with zero attached hydrogens (tertiary/aromatic N) is 2. The number of ether oxygens (including phenoxy) is 9. The number of aliphatic hydroxyl groups excluding tert-OH is 1. The number of methoxy groups -OCH3 is 2. The lowest BCUT2D eigenvalue weighted by Gasteiger charge is -2.43. The SMILES string of the molecule is CCOc1ccc(COC(=O)N(C)c2ccc3c(c2)C(OC)C(O)C(C)(C)O3)cc1.CCOc1ccc(COC(=O)N(C)c2ccc3c(c2)C(OC)C(OC(C)=O)C(C)(C)O3)cc1.P.P. The lowest BCUT2D eigenvalue weighted by Crippen LogP contribution is -2.51. The maximum Gasteiger partial charge on any atom is 0.414 e. The first-order valence-corrected chi connectivity index (χ1v) is 20.7. The Morgan fingerprint density at radius 2 is 1.03 bits per heavy atom. The largest absolute Gasteiger partial charge is 0.494 e. The Kier molecular flexibility index (Phi) is 19.9. The molecule has 0 saturated carbocycles. The fraction of sp³-hybridized carbons (Fsp3) is 0.438. The summed E-state index contributed by atoms with van der Waals surface area (Å²) in [5.74, 6) is 2.35. The van der Waals surface area contributed by atoms with Crippen LogP contribution in [-0.2, 0) is 41.7 Å². The molecular formula is C48H66N2O13P2. The summed E-state index contributed by atoms with van der Waals surface area (Å²) in [6.45, 7) is 14.0. The molecule has 356 valence electrons. The Balaban J connectivity index is 0.000000336. The van der Waals surface area contributed by atoms with E-state index in [0.29, 0.717) is 47.2 Å². The van der Waals surface area contributed by atoms with Crippen molar-refractivity contribution in [3.8, 4) is 23.0 Å². The number of aliphatic hydroxyl groups is 1. The standard InChI is InChI=1S/C25H31NO7.C23H29NO6.2H3P/c1-7-30-19-11-8-17(9-12-19)15-31-24(28)26(5)18-10-13-21-20(14-18)22(29-6)23(32-16(2)27)25(3,4)33-21;1-6-28-17-10-7-15(8-11-17)14-29-22(26)24(4)16-9-12-19-18(13-16)20(27-5)21(25)23(2,3)30-19;;/h8-14,22-23H,7,15H2,1-6H3;7-13,20-21,25H,6,14H2,1-5H3;2*1H3. The van der Waals surface area contributed by atoms with Gasteiger partial charge in [0.15, 0.2) is 6.10 Å². The van der Waals surface area contributed by atoms with E-state index in [9.17, 15) is 19.5 Å². The molecule has 6 rings (SSSR count). The molecule has 0 bridgehead atoms. The summed E-state index contributed by atoms with van der Waals surface area (Å²) < 4.78 is 50.5. The number of carbonyl (C=O) groups is 3. The van der Waals surface area contributed by atoms with Gasteiger partial charge in [-0.3, -0.25) is 14.6 Å². The maximum atomic E-state index is 12.7. The first-order valence-electron chi connectivity index (χ1n) is 20.7. The van der Waals surface area contributed by atoms with Gasteiger partial charge in [-0.1, -0.05) is 24.3 Å². The molecule has 15 nitrogen and oxygen atoms in total. The van der Waals surface area contributed by atoms with Crippen LogP contribution in [0.5, 0.6) is 23.0 Å². The zero-order valence-electron chi connectivity index (χ0n) is 39.4. The highest BCUT2D eigenvalue weighted by molar-refractivity contribution is 6.92. The molecule has 2 amide bonds. The van der Waals surface area contributed by atoms with Gasteiger partial charge in [0.2, 0.25) is 0 Å². The first-order chi connectivity index (χ1) is 29.9. The second-order valence-corrected chi connectivity index (χ2v) is 16.0. The maximum absolute atomic E-state index is 12.7. The zero-order valence-corrected chi connectivity index (χ0v) is 42.2. The molecule has 6 atom stereocenters. The molecule has 6 unspecified atom stereocenters. The molecule has 0 aliphatic carbocycles. The van der Waals surface area contributed by atoms with Crippen LogP contribution >= 0.6 is 19.8 Å². The molecule has 4 aromatic carbocycles. The van der Waals surface area contributed by atoms with Crippen LogP contribution in [0.1, 0.15) is 82.9 Å². The van der Waals surface area contributed by atoms with Crippen molar-refractivity contribution < 1.29 is 62.1 Å². The van der Waals surface area contributed by atoms with Gasteiger partial charge in [-0.25, -0.2) is 9.59 Å². The second kappa shape index (κ2) is 23.8. The highest BCUT2D eigenvalue weighted by atomic mass is 31.0. The van der Waals surface area contributed by atoms with Gasteiger partial charge in [-0.05, 0) is 113 Å². The Labute approximate surface area is 389 Å². The van der Waals surface area contributed by atoms with E-state index >= 15 is 0 Å². The van der Waals surface area contributed by atoms with Crippen LogP contribution in [0.3, 0.4) is 0 Å². The number of fused-ring (bicyclic) bond motifs is 2. The van der Waals surface area contributed by atoms with Crippen LogP contribution in [-0.4, -0.2) is 88.2 Å². The third kappa shape index (κ3) is 13.5. The molecule has 0 fully saturated rings. The normalized spacial score (nSPS) is 18.3. The fourth-order valence-corrected chi connectivity index (χ4v) is 7.15. The number of esters is 1. The molecule has 4 aromatic rings. The topological polar surface area (TPSA) is 161 Å². The third-order valence-electron chi connectivity index (χ3n) is 10.6. The van der Waals surface area contributed by atoms with Gasteiger partial charge in [-0.2, -0.15) is 19.8 Å². The minimum Gasteiger partial charge on any atom is -0.494 e. The van der Waals surface area contributed by atoms with Crippen molar-refractivity contribution in [2.45, 2.75) is 97.3 Å². The Morgan fingerprint density at radius 3 is 1.42 bits per heavy atom. The average molecular weight is 941 g/mol. The van der Waals surface area contributed by atoms with E-state index in [-0.39, 0.29) is 33.0 Å². The average Bonchev–Trinajstić information content (AvgIpc) is 3.25. The summed E-state index contributed by atoms with van der Waals surface area (Å²) in [5.41, 5.74) is 2.73. The van der Waals surface area contributed by atoms with Gasteiger partial charge >= 0.3 is 18.2 Å². The predicted molar refractivity (Wildman–Crippen MR) is 258 cm³/mol. The van der Waals surface area contributed by atoms with Gasteiger partial charge in [0, 0.05) is 57.7 Å². The van der Waals surface area contributed by atoms with Crippen molar-refractivity contribution in [2.24, 2.45) is 0 Å². The number of hydrogen-bond donors (Lipinski definition) is 1. The number of hydrogen-bond acceptors (Lipinski definition) is 13. The minimum absolute atomic E-state index is 0. The van der Waals surface area contributed by atoms with Gasteiger partial charge in [-0.15, -0.1) is 0 Å². The van der Waals surface area contributed by atoms with Crippen LogP contribution in [0.15, 0.2) is 84.9 Å². The third-order valence-corrected chi connectivity index (χ3v) is 10.6. The van der Waals surface area contributed by atoms with Crippen LogP contribution < -0.4 is 28.7 Å². The number of anilines is 2. The highest BCUT2D eigenvalue weighted by Crippen LogP contribution is 2.45. The van der Waals surface area contributed by atoms with Crippen molar-refractivity contribution in [1.82, 2.24) is 0 Å². The molecule has 65 heavy (non-hydrogen) atoms. The minimum atomic E-state index is -0.845. The van der Waals surface area contributed by atoms with Gasteiger partial charge in [0.05, 0.1) is 13.2 Å². The van der Waals surface area contributed by atoms with Crippen molar-refractivity contribution >= 4 is 49.3 Å². The summed E-state index contributed by atoms with van der Waals surface area (Å²) in [7, 11) is 6.35. The number of rotatable bonds is 13. The van der Waals surface area contributed by atoms with E-state index in [1.807, 2.05) is 90.1 Å². The van der Waals surface area contributed by atoms with E-state index in [4.69, 9.17) is 42.6 Å². The van der Waals surface area contributed by atoms with Crippen LogP contribution in [0.25, 0.3) is 0 Å². The van der Waals surface area contributed by atoms with E-state index in [2.05, 4.69) is 0 Å². The lowest BCUT2D eigenvalue weighted by molar-refractivity contribution is -0.178. The Morgan fingerprint density at radius 1 is 0.631 bits per heavy atom. The van der Waals surface area contributed by atoms with E-state index in [1.54, 1.807) is 64.7 Å². The van der Waals surface area contributed by atoms with E-state index < -0.39 is 53.8 Å². The molecule has 0 saturated heterocycles. The molecule has 0 spiro atoms. The molecule has 1 N–H and O–H groups in total. The number of carbonyl (C=O) groups excluding carboxylic acids is 3. The first kappa shape index (κ1) is 54.2. The van der Waals surface area contributed by atoms with E-state index in [0.717, 1.165) is 22.6 Å². The smallest absolute Gasteiger partial charge is 0.414 e. The molecule has 2 aliphatic rings. The van der Waals surface area contributed by atoms with Crippen LogP contribution in [0.4, 0.5) is 21.0 Å². The summed E-state index contributed by atoms with van der Waals surface area (Å²) in [6.07, 6.45) is -3.61. The van der Waals surface area contributed by atoms with Crippen molar-refractivity contribution in [2.75, 3.05) is 51.3 Å². The van der Waals surface area contributed by atoms with Gasteiger partial charge < -0.3 is 47.7 Å². The molecule has 0 aromatic heterocycles. The zero-order chi connectivity index (χ0) is 46.1. The summed E-state index contributed by atoms with van der Waals surface area (Å²) in [5, 5.41) is 10.6. The highest BCUT2D eigenvalue weighted by Gasteiger charge is 2.47. The fourth-order valence-electron chi connectivity index (χ4n) is 7.15. The number of amides is 2. The van der Waals surface area contributed by atoms with Gasteiger partial charge in [0.25, 0.3) is 0 Å². The van der Waals surface area contributed by atoms with Crippen molar-refractivity contribution in [3.63, 3.8) is 0 Å². The Bertz CT molecular complexity index is 2190. The second-order valence-electron chi connectivity index (χ2n) is 16.0. The predicted octanol–water partition coefficient (Wildman–Crippen LogP) is 8.84. The molecule has 2 heterocycles. The Hall–Kier alpha value is -5.17. The van der Waals surface area contributed by atoms with Crippen molar-refractivity contribution in [1.29, 1.82) is 0 Å². The lowest BCUT2D eigenvalue weighted by atomic mass is 9.88. The quantitative estimate of drug-likeness (QED) is 0.0770. The van der Waals surface area contributed by atoms with Crippen LogP contribution in [0.2, 0.25) is 0 Å². The molecule has 2 aliphatic heterocycles. The van der Waals surface area contributed by atoms with Gasteiger partial charge in [0.1, 0.15) is 65.7 Å². The molecular weight excluding hydrogens is 874 g/mol. The van der Waals surface area contributed by atoms with Crippen LogP contribution in [0, 0.1) is 0 Å². The summed E-state index contributed by atoms with van der Waals surface area (Å²) in [4.78, 5) is 39.7. The molecule has 0 radical (unpaired) electrons. The molecule has 17 heteroatoms. The number of benzene rings is 4. The summed E-state index contributed by atoms with van der Waals surface area (Å²) >= 11 is 0. The van der Waals surface area contributed by atoms with E-state index in [1.165, 1.54) is 16.7 Å². The monoisotopic (exact) mass is 940 g/mol. The summed E-state index contributed by atoms with van der Waals surface area (Å²) in [6, 6.07) is 25.5. The van der Waals surface area contributed by atoms with Crippen molar-refractivity contribution in [3.05, 3.63) is 107 Å².